The third kappa shape index (κ3) is 13.8. The largest absolute Gasteiger partial charge is 0.427 e. The van der Waals surface area contributed by atoms with Crippen LogP contribution in [0.1, 0.15) is 206 Å². The summed E-state index contributed by atoms with van der Waals surface area (Å²) in [4.78, 5) is 16.1. The Morgan fingerprint density at radius 2 is 1.53 bits per heavy atom. The number of nitrogens with zero attached hydrogens (tertiary/aromatic N) is 1. The van der Waals surface area contributed by atoms with Gasteiger partial charge in [-0.25, -0.2) is 0 Å². The van der Waals surface area contributed by atoms with E-state index in [1.807, 2.05) is 0 Å². The Bertz CT molecular complexity index is 1030. The Morgan fingerprint density at radius 1 is 0.857 bits per heavy atom. The van der Waals surface area contributed by atoms with E-state index in [0.29, 0.717) is 18.4 Å². The van der Waals surface area contributed by atoms with Crippen molar-refractivity contribution in [3.63, 3.8) is 0 Å². The van der Waals surface area contributed by atoms with E-state index in [9.17, 15) is 4.79 Å². The molecule has 3 unspecified atom stereocenters. The van der Waals surface area contributed by atoms with Crippen LogP contribution in [0.25, 0.3) is 0 Å². The van der Waals surface area contributed by atoms with Crippen LogP contribution in [0, 0.1) is 11.8 Å². The molecule has 0 saturated carbocycles. The minimum atomic E-state index is -0.0445. The van der Waals surface area contributed by atoms with Crippen LogP contribution in [-0.2, 0) is 16.6 Å². The average molecular weight is 678 g/mol. The molecule has 1 aromatic carbocycles. The Labute approximate surface area is 304 Å². The van der Waals surface area contributed by atoms with Crippen LogP contribution in [0.2, 0.25) is 0 Å². The second kappa shape index (κ2) is 24.6. The minimum absolute atomic E-state index is 0.0445. The second-order valence-corrected chi connectivity index (χ2v) is 16.1. The smallest absolute Gasteiger partial charge is 0.311 e. The maximum atomic E-state index is 13.1. The zero-order chi connectivity index (χ0) is 35.2. The van der Waals surface area contributed by atoms with E-state index in [1.165, 1.54) is 166 Å². The van der Waals surface area contributed by atoms with Crippen LogP contribution < -0.4 is 4.74 Å². The van der Waals surface area contributed by atoms with Crippen LogP contribution in [0.4, 0.5) is 0 Å². The summed E-state index contributed by atoms with van der Waals surface area (Å²) in [5.41, 5.74) is 3.30. The molecule has 0 amide bonds. The number of fused-ring (bicyclic) bond motifs is 3. The fraction of sp³-hybridized carbons (Fsp3) is 0.804. The molecule has 0 aromatic heterocycles. The molecule has 1 aliphatic carbocycles. The fourth-order valence-electron chi connectivity index (χ4n) is 9.57. The van der Waals surface area contributed by atoms with Crippen molar-refractivity contribution in [3.05, 3.63) is 42.0 Å². The number of allylic oxidation sites excluding steroid dienone is 1. The van der Waals surface area contributed by atoms with Gasteiger partial charge in [-0.1, -0.05) is 149 Å². The standard InChI is InChI=1S/C46H79NO2/c1-6-11-16-19-21-24-36-47-37-35-46(34-23-18-13-8-3)42-32-30-41(49-45(48)33-28-39(25-14-9-4)26-15-10-5)38-40(42)29-31-43(46)44(47)27-22-20-17-12-7-2/h8,30,32,38-39,43-44H,3,6-7,9-29,31,33-37H2,1-2,4-5H3. The van der Waals surface area contributed by atoms with Crippen molar-refractivity contribution in [2.75, 3.05) is 13.1 Å². The number of hydrogen-bond acceptors (Lipinski definition) is 3. The van der Waals surface area contributed by atoms with E-state index in [1.54, 1.807) is 5.56 Å². The van der Waals surface area contributed by atoms with E-state index in [2.05, 4.69) is 63.4 Å². The number of ether oxygens (including phenoxy) is 1. The number of esters is 1. The quantitative estimate of drug-likeness (QED) is 0.0383. The lowest BCUT2D eigenvalue weighted by atomic mass is 9.55. The normalized spacial score (nSPS) is 20.7. The van der Waals surface area contributed by atoms with Crippen LogP contribution in [-0.4, -0.2) is 30.0 Å². The SMILES string of the molecule is C=CCCCCC12CCN(CCCCCCCC)C(CCCCCCC)C1CCc1cc(OC(=O)CCC(CCCC)CCCC)ccc12. The third-order valence-electron chi connectivity index (χ3n) is 12.4. The van der Waals surface area contributed by atoms with Crippen molar-refractivity contribution in [3.8, 4) is 5.75 Å². The Hall–Kier alpha value is -1.61. The monoisotopic (exact) mass is 678 g/mol. The van der Waals surface area contributed by atoms with Gasteiger partial charge in [0.15, 0.2) is 0 Å². The highest BCUT2D eigenvalue weighted by Crippen LogP contribution is 2.53. The van der Waals surface area contributed by atoms with Crippen molar-refractivity contribution >= 4 is 5.97 Å². The Morgan fingerprint density at radius 3 is 2.22 bits per heavy atom. The summed E-state index contributed by atoms with van der Waals surface area (Å²) in [5.74, 6) is 2.10. The summed E-state index contributed by atoms with van der Waals surface area (Å²) in [7, 11) is 0. The maximum absolute atomic E-state index is 13.1. The number of aryl methyl sites for hydroxylation is 1. The van der Waals surface area contributed by atoms with Crippen LogP contribution in [0.5, 0.6) is 5.75 Å². The molecular weight excluding hydrogens is 599 g/mol. The highest BCUT2D eigenvalue weighted by molar-refractivity contribution is 5.72. The molecule has 2 aliphatic rings. The number of unbranched alkanes of at least 4 members (excludes halogenated alkanes) is 13. The molecule has 0 bridgehead atoms. The number of rotatable bonds is 28. The van der Waals surface area contributed by atoms with Crippen LogP contribution in [0.15, 0.2) is 30.9 Å². The molecule has 0 radical (unpaired) electrons. The van der Waals surface area contributed by atoms with Crippen LogP contribution in [0.3, 0.4) is 0 Å². The number of carbonyl (C=O) groups is 1. The Balaban J connectivity index is 1.77. The molecule has 1 fully saturated rings. The lowest BCUT2D eigenvalue weighted by Gasteiger charge is -2.56. The number of carbonyl (C=O) groups excluding carboxylic acids is 1. The van der Waals surface area contributed by atoms with Gasteiger partial charge in [0, 0.05) is 17.9 Å². The van der Waals surface area contributed by atoms with E-state index < -0.39 is 0 Å². The molecule has 3 atom stereocenters. The molecule has 3 nitrogen and oxygen atoms in total. The van der Waals surface area contributed by atoms with Gasteiger partial charge in [0.25, 0.3) is 0 Å². The summed E-state index contributed by atoms with van der Waals surface area (Å²) in [6.45, 7) is 15.7. The highest BCUT2D eigenvalue weighted by Gasteiger charge is 2.50. The summed E-state index contributed by atoms with van der Waals surface area (Å²) in [5, 5.41) is 0. The first kappa shape index (κ1) is 41.8. The van der Waals surface area contributed by atoms with Gasteiger partial charge in [0.05, 0.1) is 0 Å². The Kier molecular flexibility index (Phi) is 20.9. The van der Waals surface area contributed by atoms with E-state index in [4.69, 9.17) is 4.74 Å². The molecule has 1 heterocycles. The molecular formula is C46H79NO2. The molecule has 280 valence electrons. The van der Waals surface area contributed by atoms with E-state index in [0.717, 1.165) is 30.9 Å². The molecule has 0 spiro atoms. The van der Waals surface area contributed by atoms with Crippen molar-refractivity contribution in [1.82, 2.24) is 4.90 Å². The molecule has 1 aliphatic heterocycles. The van der Waals surface area contributed by atoms with Gasteiger partial charge in [-0.3, -0.25) is 4.79 Å². The molecule has 3 rings (SSSR count). The first-order chi connectivity index (χ1) is 24.0. The zero-order valence-electron chi connectivity index (χ0n) is 33.0. The van der Waals surface area contributed by atoms with Crippen molar-refractivity contribution in [2.45, 2.75) is 213 Å². The molecule has 49 heavy (non-hydrogen) atoms. The molecule has 3 heteroatoms. The number of benzene rings is 1. The zero-order valence-corrected chi connectivity index (χ0v) is 33.0. The average Bonchev–Trinajstić information content (AvgIpc) is 3.11. The van der Waals surface area contributed by atoms with E-state index in [-0.39, 0.29) is 11.4 Å². The highest BCUT2D eigenvalue weighted by atomic mass is 16.5. The van der Waals surface area contributed by atoms with Crippen molar-refractivity contribution < 1.29 is 9.53 Å². The predicted molar refractivity (Wildman–Crippen MR) is 213 cm³/mol. The first-order valence-corrected chi connectivity index (χ1v) is 21.7. The fourth-order valence-corrected chi connectivity index (χ4v) is 9.57. The summed E-state index contributed by atoms with van der Waals surface area (Å²) in [6, 6.07) is 7.52. The van der Waals surface area contributed by atoms with Gasteiger partial charge in [0.1, 0.15) is 5.75 Å². The summed E-state index contributed by atoms with van der Waals surface area (Å²) in [6.07, 6.45) is 36.1. The van der Waals surface area contributed by atoms with Crippen molar-refractivity contribution in [2.24, 2.45) is 11.8 Å². The second-order valence-electron chi connectivity index (χ2n) is 16.1. The lowest BCUT2D eigenvalue weighted by molar-refractivity contribution is -0.134. The summed E-state index contributed by atoms with van der Waals surface area (Å²) < 4.78 is 6.07. The summed E-state index contributed by atoms with van der Waals surface area (Å²) >= 11 is 0. The first-order valence-electron chi connectivity index (χ1n) is 21.7. The molecule has 1 saturated heterocycles. The van der Waals surface area contributed by atoms with Gasteiger partial charge in [0.2, 0.25) is 0 Å². The number of piperidine rings is 1. The minimum Gasteiger partial charge on any atom is -0.427 e. The van der Waals surface area contributed by atoms with Gasteiger partial charge < -0.3 is 9.64 Å². The van der Waals surface area contributed by atoms with E-state index >= 15 is 0 Å². The predicted octanol–water partition coefficient (Wildman–Crippen LogP) is 13.7. The number of hydrogen-bond donors (Lipinski definition) is 0. The molecule has 0 N–H and O–H groups in total. The number of likely N-dealkylation sites (tertiary alicyclic amines) is 1. The van der Waals surface area contributed by atoms with Crippen molar-refractivity contribution in [1.29, 1.82) is 0 Å². The van der Waals surface area contributed by atoms with Gasteiger partial charge >= 0.3 is 5.97 Å². The van der Waals surface area contributed by atoms with Crippen LogP contribution >= 0.6 is 0 Å². The van der Waals surface area contributed by atoms with Gasteiger partial charge in [-0.05, 0) is 106 Å². The molecule has 1 aromatic rings. The van der Waals surface area contributed by atoms with Gasteiger partial charge in [-0.15, -0.1) is 6.58 Å². The maximum Gasteiger partial charge on any atom is 0.311 e. The van der Waals surface area contributed by atoms with Gasteiger partial charge in [-0.2, -0.15) is 0 Å². The topological polar surface area (TPSA) is 29.5 Å². The third-order valence-corrected chi connectivity index (χ3v) is 12.4. The lowest BCUT2D eigenvalue weighted by Crippen LogP contribution is -2.58.